The van der Waals surface area contributed by atoms with E-state index in [1.807, 2.05) is 0 Å². The predicted octanol–water partition coefficient (Wildman–Crippen LogP) is 7.31. The third-order valence-electron chi connectivity index (χ3n) is 6.41. The Kier molecular flexibility index (Phi) is 10.3. The Morgan fingerprint density at radius 2 is 1.69 bits per heavy atom. The van der Waals surface area contributed by atoms with Gasteiger partial charge in [-0.05, 0) is 77.8 Å². The lowest BCUT2D eigenvalue weighted by Crippen LogP contribution is -2.56. The molecular formula is C29H35F3N6O6S. The summed E-state index contributed by atoms with van der Waals surface area (Å²) in [6, 6.07) is 7.72. The van der Waals surface area contributed by atoms with Gasteiger partial charge in [0.1, 0.15) is 16.3 Å². The Bertz CT molecular complexity index is 1530. The molecule has 1 atom stereocenters. The van der Waals surface area contributed by atoms with E-state index < -0.39 is 46.0 Å². The molecule has 0 spiro atoms. The van der Waals surface area contributed by atoms with Crippen molar-refractivity contribution >= 4 is 40.0 Å². The van der Waals surface area contributed by atoms with Crippen molar-refractivity contribution in [3.05, 3.63) is 63.7 Å². The minimum absolute atomic E-state index is 0.0411. The molecule has 0 unspecified atom stereocenters. The summed E-state index contributed by atoms with van der Waals surface area (Å²) in [5.74, 6) is 0. The van der Waals surface area contributed by atoms with E-state index in [4.69, 9.17) is 4.74 Å². The third kappa shape index (κ3) is 9.03. The first-order valence-corrected chi connectivity index (χ1v) is 14.5. The van der Waals surface area contributed by atoms with Gasteiger partial charge in [-0.1, -0.05) is 23.5 Å². The average Bonchev–Trinajstić information content (AvgIpc) is 3.38. The molecule has 0 bridgehead atoms. The second-order valence-electron chi connectivity index (χ2n) is 12.1. The van der Waals surface area contributed by atoms with Crippen LogP contribution in [0.1, 0.15) is 52.7 Å². The van der Waals surface area contributed by atoms with Gasteiger partial charge in [0, 0.05) is 24.2 Å². The van der Waals surface area contributed by atoms with Gasteiger partial charge < -0.3 is 15.2 Å². The number of nitrogens with one attached hydrogen (secondary N) is 1. The number of alkyl halides is 3. The van der Waals surface area contributed by atoms with Crippen LogP contribution in [0.25, 0.3) is 10.6 Å². The Hall–Kier alpha value is -4.47. The van der Waals surface area contributed by atoms with Gasteiger partial charge in [0.15, 0.2) is 0 Å². The summed E-state index contributed by atoms with van der Waals surface area (Å²) in [6.07, 6.45) is -6.73. The number of carbonyl (C=O) groups is 2. The molecule has 45 heavy (non-hydrogen) atoms. The average molecular weight is 653 g/mol. The van der Waals surface area contributed by atoms with Crippen LogP contribution in [0.2, 0.25) is 0 Å². The van der Waals surface area contributed by atoms with Crippen LogP contribution in [-0.2, 0) is 17.3 Å². The van der Waals surface area contributed by atoms with Crippen molar-refractivity contribution in [1.29, 1.82) is 0 Å². The molecule has 3 rings (SSSR count). The fourth-order valence-electron chi connectivity index (χ4n) is 4.56. The lowest BCUT2D eigenvalue weighted by molar-refractivity contribution is -0.383. The van der Waals surface area contributed by atoms with Crippen molar-refractivity contribution in [3.63, 3.8) is 0 Å². The van der Waals surface area contributed by atoms with Crippen molar-refractivity contribution in [2.45, 2.75) is 71.3 Å². The monoisotopic (exact) mass is 652 g/mol. The number of halogens is 3. The molecule has 2 amide bonds. The van der Waals surface area contributed by atoms with E-state index in [0.29, 0.717) is 16.1 Å². The zero-order chi connectivity index (χ0) is 33.9. The fourth-order valence-corrected chi connectivity index (χ4v) is 5.40. The van der Waals surface area contributed by atoms with Gasteiger partial charge >= 0.3 is 18.4 Å². The van der Waals surface area contributed by atoms with Crippen molar-refractivity contribution in [2.75, 3.05) is 23.8 Å². The molecule has 0 fully saturated rings. The molecule has 0 saturated carbocycles. The first-order valence-electron chi connectivity index (χ1n) is 13.7. The van der Waals surface area contributed by atoms with Crippen LogP contribution in [-0.4, -0.2) is 68.1 Å². The van der Waals surface area contributed by atoms with E-state index in [1.165, 1.54) is 37.4 Å². The first kappa shape index (κ1) is 35.0. The van der Waals surface area contributed by atoms with Crippen molar-refractivity contribution in [3.8, 4) is 10.6 Å². The number of aromatic nitrogens is 2. The van der Waals surface area contributed by atoms with E-state index in [0.717, 1.165) is 33.3 Å². The van der Waals surface area contributed by atoms with Gasteiger partial charge in [-0.25, -0.2) is 14.5 Å². The van der Waals surface area contributed by atoms with Gasteiger partial charge in [0.05, 0.1) is 23.1 Å². The Balaban J connectivity index is 2.09. The number of nitrogens with zero attached hydrogens (tertiary/aromatic N) is 5. The number of carbonyl (C=O) groups excluding carboxylic acids is 1. The molecule has 2 aromatic carbocycles. The van der Waals surface area contributed by atoms with Crippen LogP contribution in [0.5, 0.6) is 0 Å². The van der Waals surface area contributed by atoms with Crippen LogP contribution in [0, 0.1) is 10.1 Å². The van der Waals surface area contributed by atoms with E-state index in [2.05, 4.69) is 15.5 Å². The number of amides is 2. The van der Waals surface area contributed by atoms with Crippen molar-refractivity contribution < 1.29 is 37.5 Å². The zero-order valence-electron chi connectivity index (χ0n) is 25.8. The number of nitro groups is 1. The number of anilines is 2. The second kappa shape index (κ2) is 13.3. The topological polar surface area (TPSA) is 151 Å². The normalized spacial score (nSPS) is 12.8. The SMILES string of the molecule is CNc1cc(-c2nnc(N(C[C@H](Cc3ccc(C(F)(F)F)cc3)N(C(=O)O)C(C)(C)C)C(=O)OC(C)(C)C)s2)ccc1[N+](=O)[O-]. The molecule has 1 heterocycles. The Labute approximate surface area is 262 Å². The van der Waals surface area contributed by atoms with E-state index >= 15 is 0 Å². The number of benzene rings is 2. The number of carboxylic acid groups (broad SMARTS) is 1. The van der Waals surface area contributed by atoms with Crippen LogP contribution >= 0.6 is 11.3 Å². The van der Waals surface area contributed by atoms with E-state index in [9.17, 15) is 38.0 Å². The third-order valence-corrected chi connectivity index (χ3v) is 7.40. The van der Waals surface area contributed by atoms with E-state index in [1.54, 1.807) is 41.5 Å². The standard InChI is InChI=1S/C29H35F3N6O6S/c1-27(2,3)37(25(39)40)20(14-17-8-11-19(12-9-17)29(30,31)32)16-36(26(41)44-28(4,5)6)24-35-34-23(45-24)18-10-13-22(38(42)43)21(15-18)33-7/h8-13,15,20,33H,14,16H2,1-7H3,(H,39,40)/t20-/m0/s1. The Morgan fingerprint density at radius 1 is 1.07 bits per heavy atom. The smallest absolute Gasteiger partial charge is 0.416 e. The molecule has 0 radical (unpaired) electrons. The molecule has 1 aromatic heterocycles. The maximum atomic E-state index is 13.6. The highest BCUT2D eigenvalue weighted by Crippen LogP contribution is 2.35. The lowest BCUT2D eigenvalue weighted by Gasteiger charge is -2.41. The maximum Gasteiger partial charge on any atom is 0.416 e. The quantitative estimate of drug-likeness (QED) is 0.179. The minimum Gasteiger partial charge on any atom is -0.465 e. The second-order valence-corrected chi connectivity index (χ2v) is 13.1. The summed E-state index contributed by atoms with van der Waals surface area (Å²) in [6.45, 7) is 9.67. The van der Waals surface area contributed by atoms with Crippen molar-refractivity contribution in [2.24, 2.45) is 0 Å². The first-order chi connectivity index (χ1) is 20.7. The highest BCUT2D eigenvalue weighted by atomic mass is 32.1. The van der Waals surface area contributed by atoms with Gasteiger partial charge in [0.2, 0.25) is 5.13 Å². The number of nitro benzene ring substituents is 1. The minimum atomic E-state index is -4.54. The molecule has 244 valence electrons. The van der Waals surface area contributed by atoms with E-state index in [-0.39, 0.29) is 29.5 Å². The van der Waals surface area contributed by atoms with Crippen LogP contribution in [0.3, 0.4) is 0 Å². The molecule has 12 nitrogen and oxygen atoms in total. The molecule has 0 saturated heterocycles. The number of hydrogen-bond acceptors (Lipinski definition) is 9. The predicted molar refractivity (Wildman–Crippen MR) is 164 cm³/mol. The lowest BCUT2D eigenvalue weighted by atomic mass is 9.97. The number of hydrogen-bond donors (Lipinski definition) is 2. The van der Waals surface area contributed by atoms with Gasteiger partial charge in [-0.2, -0.15) is 13.2 Å². The molecule has 0 aliphatic carbocycles. The summed E-state index contributed by atoms with van der Waals surface area (Å²) in [5.41, 5.74) is -1.80. The van der Waals surface area contributed by atoms with Crippen LogP contribution in [0.4, 0.5) is 39.3 Å². The molecule has 0 aliphatic rings. The van der Waals surface area contributed by atoms with Gasteiger partial charge in [-0.3, -0.25) is 15.0 Å². The van der Waals surface area contributed by atoms with Crippen molar-refractivity contribution in [1.82, 2.24) is 15.1 Å². The molecule has 16 heteroatoms. The highest BCUT2D eigenvalue weighted by molar-refractivity contribution is 7.18. The Morgan fingerprint density at radius 3 is 2.18 bits per heavy atom. The number of rotatable bonds is 9. The van der Waals surface area contributed by atoms with Crippen LogP contribution in [0.15, 0.2) is 42.5 Å². The van der Waals surface area contributed by atoms with Crippen LogP contribution < -0.4 is 10.2 Å². The summed E-state index contributed by atoms with van der Waals surface area (Å²) in [5, 5.41) is 33.1. The molecule has 3 aromatic rings. The maximum absolute atomic E-state index is 13.6. The molecular weight excluding hydrogens is 617 g/mol. The highest BCUT2D eigenvalue weighted by Gasteiger charge is 2.38. The van der Waals surface area contributed by atoms with Gasteiger partial charge in [-0.15, -0.1) is 10.2 Å². The largest absolute Gasteiger partial charge is 0.465 e. The van der Waals surface area contributed by atoms with Gasteiger partial charge in [0.25, 0.3) is 5.69 Å². The summed E-state index contributed by atoms with van der Waals surface area (Å²) in [4.78, 5) is 39.3. The molecule has 0 aliphatic heterocycles. The summed E-state index contributed by atoms with van der Waals surface area (Å²) < 4.78 is 45.2. The summed E-state index contributed by atoms with van der Waals surface area (Å²) in [7, 11) is 1.53. The fraction of sp³-hybridized carbons (Fsp3) is 0.448. The molecule has 2 N–H and O–H groups in total. The summed E-state index contributed by atoms with van der Waals surface area (Å²) >= 11 is 0.977. The zero-order valence-corrected chi connectivity index (χ0v) is 26.6. The number of ether oxygens (including phenoxy) is 1.